The van der Waals surface area contributed by atoms with E-state index in [-0.39, 0.29) is 17.8 Å². The Kier molecular flexibility index (Phi) is 3.62. The zero-order valence-electron chi connectivity index (χ0n) is 10.0. The van der Waals surface area contributed by atoms with E-state index in [0.29, 0.717) is 12.2 Å². The summed E-state index contributed by atoms with van der Waals surface area (Å²) in [6.07, 6.45) is 1.90. The van der Waals surface area contributed by atoms with E-state index in [1.807, 2.05) is 6.92 Å². The summed E-state index contributed by atoms with van der Waals surface area (Å²) in [5, 5.41) is 0. The molecule has 2 unspecified atom stereocenters. The molecule has 0 amide bonds. The van der Waals surface area contributed by atoms with Gasteiger partial charge in [0, 0.05) is 5.92 Å². The third kappa shape index (κ3) is 2.41. The molecule has 0 bridgehead atoms. The molecule has 1 heterocycles. The molecule has 1 fully saturated rings. The van der Waals surface area contributed by atoms with Gasteiger partial charge in [-0.1, -0.05) is 6.07 Å². The highest BCUT2D eigenvalue weighted by Crippen LogP contribution is 2.33. The number of benzene rings is 1. The summed E-state index contributed by atoms with van der Waals surface area (Å²) in [6, 6.07) is 3.05. The van der Waals surface area contributed by atoms with E-state index >= 15 is 0 Å². The minimum Gasteiger partial charge on any atom is -0.494 e. The minimum absolute atomic E-state index is 0.0589. The van der Waals surface area contributed by atoms with Gasteiger partial charge in [0.2, 0.25) is 5.82 Å². The summed E-state index contributed by atoms with van der Waals surface area (Å²) in [7, 11) is 1.32. The molecule has 0 aliphatic carbocycles. The van der Waals surface area contributed by atoms with E-state index in [9.17, 15) is 8.78 Å². The normalized spacial score (nSPS) is 24.7. The Hall–Kier alpha value is -1.16. The van der Waals surface area contributed by atoms with Crippen molar-refractivity contribution in [2.75, 3.05) is 13.7 Å². The molecule has 1 aromatic carbocycles. The number of rotatable bonds is 2. The molecule has 0 N–H and O–H groups in total. The highest BCUT2D eigenvalue weighted by Gasteiger charge is 2.25. The Labute approximate surface area is 99.5 Å². The molecule has 1 saturated heterocycles. The van der Waals surface area contributed by atoms with E-state index in [2.05, 4.69) is 0 Å². The van der Waals surface area contributed by atoms with Gasteiger partial charge >= 0.3 is 0 Å². The molecule has 2 atom stereocenters. The second-order valence-corrected chi connectivity index (χ2v) is 4.40. The van der Waals surface area contributed by atoms with E-state index in [0.717, 1.165) is 12.8 Å². The van der Waals surface area contributed by atoms with Crippen molar-refractivity contribution < 1.29 is 18.3 Å². The second kappa shape index (κ2) is 5.00. The van der Waals surface area contributed by atoms with Crippen LogP contribution in [-0.4, -0.2) is 19.8 Å². The van der Waals surface area contributed by atoms with Crippen molar-refractivity contribution in [3.05, 3.63) is 29.3 Å². The van der Waals surface area contributed by atoms with Crippen LogP contribution in [0.2, 0.25) is 0 Å². The fraction of sp³-hybridized carbons (Fsp3) is 0.538. The molecule has 1 aliphatic rings. The van der Waals surface area contributed by atoms with Gasteiger partial charge in [-0.15, -0.1) is 0 Å². The number of hydrogen-bond acceptors (Lipinski definition) is 2. The van der Waals surface area contributed by atoms with Crippen molar-refractivity contribution in [2.45, 2.75) is 31.8 Å². The van der Waals surface area contributed by atoms with E-state index in [1.54, 1.807) is 6.07 Å². The quantitative estimate of drug-likeness (QED) is 0.792. The molecule has 1 aromatic rings. The molecule has 94 valence electrons. The highest BCUT2D eigenvalue weighted by atomic mass is 19.2. The van der Waals surface area contributed by atoms with Crippen molar-refractivity contribution in [1.29, 1.82) is 0 Å². The maximum Gasteiger partial charge on any atom is 0.200 e. The van der Waals surface area contributed by atoms with E-state index < -0.39 is 11.6 Å². The molecule has 1 aliphatic heterocycles. The van der Waals surface area contributed by atoms with Gasteiger partial charge in [-0.3, -0.25) is 0 Å². The van der Waals surface area contributed by atoms with Crippen LogP contribution in [0, 0.1) is 11.6 Å². The first-order valence-corrected chi connectivity index (χ1v) is 5.77. The molecule has 4 heteroatoms. The number of halogens is 2. The topological polar surface area (TPSA) is 18.5 Å². The number of methoxy groups -OCH3 is 1. The van der Waals surface area contributed by atoms with Crippen LogP contribution in [0.5, 0.6) is 5.75 Å². The molecular weight excluding hydrogens is 226 g/mol. The lowest BCUT2D eigenvalue weighted by molar-refractivity contribution is 0.0146. The minimum atomic E-state index is -0.913. The Balaban J connectivity index is 2.24. The zero-order chi connectivity index (χ0) is 12.4. The average Bonchev–Trinajstić information content (AvgIpc) is 2.34. The summed E-state index contributed by atoms with van der Waals surface area (Å²) < 4.78 is 37.6. The van der Waals surface area contributed by atoms with Crippen molar-refractivity contribution in [3.63, 3.8) is 0 Å². The fourth-order valence-electron chi connectivity index (χ4n) is 2.15. The van der Waals surface area contributed by atoms with Gasteiger partial charge in [-0.25, -0.2) is 4.39 Å². The van der Waals surface area contributed by atoms with Gasteiger partial charge in [-0.05, 0) is 31.4 Å². The van der Waals surface area contributed by atoms with Crippen LogP contribution in [0.25, 0.3) is 0 Å². The third-order valence-electron chi connectivity index (χ3n) is 3.24. The van der Waals surface area contributed by atoms with Gasteiger partial charge in [0.25, 0.3) is 0 Å². The smallest absolute Gasteiger partial charge is 0.200 e. The van der Waals surface area contributed by atoms with Crippen LogP contribution in [-0.2, 0) is 4.74 Å². The molecule has 17 heavy (non-hydrogen) atoms. The summed E-state index contributed by atoms with van der Waals surface area (Å²) in [5.41, 5.74) is 0.384. The SMILES string of the molecule is COc1ccc(C2CCC(C)OC2)c(F)c1F. The Morgan fingerprint density at radius 3 is 2.59 bits per heavy atom. The summed E-state index contributed by atoms with van der Waals surface area (Å²) in [6.45, 7) is 2.44. The molecule has 0 aromatic heterocycles. The van der Waals surface area contributed by atoms with Crippen LogP contribution < -0.4 is 4.74 Å². The number of ether oxygens (including phenoxy) is 2. The summed E-state index contributed by atoms with van der Waals surface area (Å²) in [4.78, 5) is 0. The lowest BCUT2D eigenvalue weighted by Gasteiger charge is -2.27. The van der Waals surface area contributed by atoms with Gasteiger partial charge < -0.3 is 9.47 Å². The van der Waals surface area contributed by atoms with Crippen LogP contribution in [0.1, 0.15) is 31.2 Å². The molecule has 0 saturated carbocycles. The maximum absolute atomic E-state index is 13.8. The number of hydrogen-bond donors (Lipinski definition) is 0. The van der Waals surface area contributed by atoms with Gasteiger partial charge in [0.1, 0.15) is 0 Å². The predicted molar refractivity (Wildman–Crippen MR) is 60.3 cm³/mol. The van der Waals surface area contributed by atoms with Gasteiger partial charge in [0.15, 0.2) is 11.6 Å². The van der Waals surface area contributed by atoms with Crippen LogP contribution in [0.3, 0.4) is 0 Å². The first kappa shape index (κ1) is 12.3. The van der Waals surface area contributed by atoms with Gasteiger partial charge in [-0.2, -0.15) is 4.39 Å². The van der Waals surface area contributed by atoms with Crippen molar-refractivity contribution in [2.24, 2.45) is 0 Å². The van der Waals surface area contributed by atoms with Gasteiger partial charge in [0.05, 0.1) is 19.8 Å². The molecular formula is C13H16F2O2. The first-order chi connectivity index (χ1) is 8.13. The fourth-order valence-corrected chi connectivity index (χ4v) is 2.15. The predicted octanol–water partition coefficient (Wildman–Crippen LogP) is 3.26. The first-order valence-electron chi connectivity index (χ1n) is 5.77. The summed E-state index contributed by atoms with van der Waals surface area (Å²) >= 11 is 0. The Bertz CT molecular complexity index is 399. The standard InChI is InChI=1S/C13H16F2O2/c1-8-3-4-9(7-17-8)10-5-6-11(16-2)13(15)12(10)14/h5-6,8-9H,3-4,7H2,1-2H3. The summed E-state index contributed by atoms with van der Waals surface area (Å²) in [5.74, 6) is -1.85. The largest absolute Gasteiger partial charge is 0.494 e. The second-order valence-electron chi connectivity index (χ2n) is 4.40. The zero-order valence-corrected chi connectivity index (χ0v) is 10.0. The molecule has 2 rings (SSSR count). The highest BCUT2D eigenvalue weighted by molar-refractivity contribution is 5.33. The Morgan fingerprint density at radius 1 is 1.24 bits per heavy atom. The van der Waals surface area contributed by atoms with Crippen LogP contribution in [0.15, 0.2) is 12.1 Å². The van der Waals surface area contributed by atoms with E-state index in [4.69, 9.17) is 9.47 Å². The van der Waals surface area contributed by atoms with Crippen molar-refractivity contribution >= 4 is 0 Å². The lowest BCUT2D eigenvalue weighted by Crippen LogP contribution is -2.23. The van der Waals surface area contributed by atoms with Crippen molar-refractivity contribution in [3.8, 4) is 5.75 Å². The van der Waals surface area contributed by atoms with Crippen LogP contribution in [0.4, 0.5) is 8.78 Å². The average molecular weight is 242 g/mol. The molecule has 2 nitrogen and oxygen atoms in total. The van der Waals surface area contributed by atoms with E-state index in [1.165, 1.54) is 13.2 Å². The maximum atomic E-state index is 13.8. The van der Waals surface area contributed by atoms with Crippen LogP contribution >= 0.6 is 0 Å². The molecule has 0 radical (unpaired) electrons. The third-order valence-corrected chi connectivity index (χ3v) is 3.24. The van der Waals surface area contributed by atoms with Crippen molar-refractivity contribution in [1.82, 2.24) is 0 Å². The monoisotopic (exact) mass is 242 g/mol. The molecule has 0 spiro atoms. The Morgan fingerprint density at radius 2 is 2.00 bits per heavy atom. The lowest BCUT2D eigenvalue weighted by atomic mass is 9.91.